The van der Waals surface area contributed by atoms with Gasteiger partial charge in [0.2, 0.25) is 0 Å². The second-order valence-electron chi connectivity index (χ2n) is 5.57. The SMILES string of the molecule is COc1cc(CN2CCc3[nH]c4ccc(F)cc4c3C2)on1. The summed E-state index contributed by atoms with van der Waals surface area (Å²) in [4.78, 5) is 5.66. The Hall–Kier alpha value is -2.34. The predicted octanol–water partition coefficient (Wildman–Crippen LogP) is 2.86. The van der Waals surface area contributed by atoms with E-state index in [9.17, 15) is 4.39 Å². The molecular weight excluding hydrogens is 285 g/mol. The van der Waals surface area contributed by atoms with Gasteiger partial charge in [-0.3, -0.25) is 4.90 Å². The van der Waals surface area contributed by atoms with E-state index in [1.54, 1.807) is 25.3 Å². The fraction of sp³-hybridized carbons (Fsp3) is 0.312. The van der Waals surface area contributed by atoms with Crippen molar-refractivity contribution in [3.8, 4) is 5.88 Å². The molecule has 0 spiro atoms. The Morgan fingerprint density at radius 3 is 3.14 bits per heavy atom. The van der Waals surface area contributed by atoms with Crippen molar-refractivity contribution in [3.05, 3.63) is 47.1 Å². The molecule has 2 aromatic heterocycles. The minimum atomic E-state index is -0.202. The van der Waals surface area contributed by atoms with E-state index in [-0.39, 0.29) is 5.82 Å². The van der Waals surface area contributed by atoms with Gasteiger partial charge in [-0.25, -0.2) is 4.39 Å². The van der Waals surface area contributed by atoms with Crippen LogP contribution in [0.3, 0.4) is 0 Å². The van der Waals surface area contributed by atoms with Crippen LogP contribution < -0.4 is 4.74 Å². The van der Waals surface area contributed by atoms with Crippen molar-refractivity contribution < 1.29 is 13.7 Å². The second-order valence-corrected chi connectivity index (χ2v) is 5.57. The minimum absolute atomic E-state index is 0.202. The molecule has 5 nitrogen and oxygen atoms in total. The third-order valence-electron chi connectivity index (χ3n) is 4.14. The molecule has 0 aliphatic carbocycles. The highest BCUT2D eigenvalue weighted by atomic mass is 19.1. The molecule has 1 aliphatic heterocycles. The number of methoxy groups -OCH3 is 1. The molecule has 0 unspecified atom stereocenters. The molecule has 3 heterocycles. The molecule has 4 rings (SSSR count). The summed E-state index contributed by atoms with van der Waals surface area (Å²) >= 11 is 0. The van der Waals surface area contributed by atoms with Gasteiger partial charge in [-0.15, -0.1) is 0 Å². The van der Waals surface area contributed by atoms with Crippen LogP contribution in [0, 0.1) is 5.82 Å². The van der Waals surface area contributed by atoms with Gasteiger partial charge in [-0.1, -0.05) is 0 Å². The maximum atomic E-state index is 13.5. The van der Waals surface area contributed by atoms with Crippen LogP contribution in [0.4, 0.5) is 4.39 Å². The van der Waals surface area contributed by atoms with Crippen LogP contribution in [0.1, 0.15) is 17.0 Å². The van der Waals surface area contributed by atoms with Gasteiger partial charge in [0.25, 0.3) is 5.88 Å². The highest BCUT2D eigenvalue weighted by Crippen LogP contribution is 2.29. The van der Waals surface area contributed by atoms with E-state index in [1.165, 1.54) is 17.3 Å². The quantitative estimate of drug-likeness (QED) is 0.808. The van der Waals surface area contributed by atoms with Gasteiger partial charge >= 0.3 is 0 Å². The number of fused-ring (bicyclic) bond motifs is 3. The number of hydrogen-bond acceptors (Lipinski definition) is 4. The van der Waals surface area contributed by atoms with Crippen molar-refractivity contribution in [3.63, 3.8) is 0 Å². The van der Waals surface area contributed by atoms with Crippen molar-refractivity contribution in [2.45, 2.75) is 19.5 Å². The van der Waals surface area contributed by atoms with Gasteiger partial charge in [-0.2, -0.15) is 0 Å². The zero-order valence-corrected chi connectivity index (χ0v) is 12.2. The predicted molar refractivity (Wildman–Crippen MR) is 79.1 cm³/mol. The summed E-state index contributed by atoms with van der Waals surface area (Å²) in [7, 11) is 1.56. The largest absolute Gasteiger partial charge is 0.479 e. The van der Waals surface area contributed by atoms with E-state index in [0.717, 1.165) is 36.2 Å². The van der Waals surface area contributed by atoms with Crippen molar-refractivity contribution >= 4 is 10.9 Å². The smallest absolute Gasteiger partial charge is 0.254 e. The number of halogens is 1. The Kier molecular flexibility index (Phi) is 3.11. The lowest BCUT2D eigenvalue weighted by atomic mass is 10.0. The number of nitrogens with one attached hydrogen (secondary N) is 1. The molecule has 0 amide bonds. The molecule has 0 bridgehead atoms. The van der Waals surface area contributed by atoms with Gasteiger partial charge in [0.15, 0.2) is 5.76 Å². The van der Waals surface area contributed by atoms with Crippen molar-refractivity contribution in [2.75, 3.05) is 13.7 Å². The number of aromatic nitrogens is 2. The summed E-state index contributed by atoms with van der Waals surface area (Å²) in [6.45, 7) is 2.35. The molecule has 22 heavy (non-hydrogen) atoms. The van der Waals surface area contributed by atoms with Crippen molar-refractivity contribution in [2.24, 2.45) is 0 Å². The minimum Gasteiger partial charge on any atom is -0.479 e. The van der Waals surface area contributed by atoms with Crippen molar-refractivity contribution in [1.82, 2.24) is 15.0 Å². The average Bonchev–Trinajstić information content (AvgIpc) is 3.11. The molecule has 0 fully saturated rings. The van der Waals surface area contributed by atoms with Crippen LogP contribution in [-0.4, -0.2) is 28.7 Å². The first-order chi connectivity index (χ1) is 10.7. The van der Waals surface area contributed by atoms with E-state index in [0.29, 0.717) is 12.4 Å². The number of H-pyrrole nitrogens is 1. The van der Waals surface area contributed by atoms with Crippen LogP contribution in [-0.2, 0) is 19.5 Å². The molecule has 0 radical (unpaired) electrons. The molecule has 3 aromatic rings. The van der Waals surface area contributed by atoms with Crippen molar-refractivity contribution in [1.29, 1.82) is 0 Å². The van der Waals surface area contributed by atoms with Crippen LogP contribution in [0.25, 0.3) is 10.9 Å². The second kappa shape index (κ2) is 5.14. The lowest BCUT2D eigenvalue weighted by molar-refractivity contribution is 0.213. The zero-order valence-electron chi connectivity index (χ0n) is 12.2. The van der Waals surface area contributed by atoms with Gasteiger partial charge < -0.3 is 14.2 Å². The highest BCUT2D eigenvalue weighted by Gasteiger charge is 2.22. The molecule has 0 saturated heterocycles. The Bertz CT molecular complexity index is 824. The maximum absolute atomic E-state index is 13.5. The van der Waals surface area contributed by atoms with E-state index in [1.807, 2.05) is 0 Å². The number of aromatic amines is 1. The summed E-state index contributed by atoms with van der Waals surface area (Å²) in [5.41, 5.74) is 3.37. The van der Waals surface area contributed by atoms with E-state index >= 15 is 0 Å². The fourth-order valence-electron chi connectivity index (χ4n) is 3.06. The van der Waals surface area contributed by atoms with Gasteiger partial charge in [-0.05, 0) is 28.9 Å². The fourth-order valence-corrected chi connectivity index (χ4v) is 3.06. The third-order valence-corrected chi connectivity index (χ3v) is 4.14. The molecule has 0 saturated carbocycles. The van der Waals surface area contributed by atoms with Crippen LogP contribution in [0.5, 0.6) is 5.88 Å². The summed E-state index contributed by atoms with van der Waals surface area (Å²) in [5, 5.41) is 4.78. The van der Waals surface area contributed by atoms with Gasteiger partial charge in [0, 0.05) is 42.2 Å². The average molecular weight is 301 g/mol. The number of hydrogen-bond donors (Lipinski definition) is 1. The lowest BCUT2D eigenvalue weighted by Gasteiger charge is -2.25. The van der Waals surface area contributed by atoms with Crippen LogP contribution >= 0.6 is 0 Å². The molecule has 1 N–H and O–H groups in total. The lowest BCUT2D eigenvalue weighted by Crippen LogP contribution is -2.29. The van der Waals surface area contributed by atoms with Gasteiger partial charge in [0.05, 0.1) is 13.7 Å². The number of rotatable bonds is 3. The molecular formula is C16H16FN3O2. The maximum Gasteiger partial charge on any atom is 0.254 e. The molecule has 6 heteroatoms. The van der Waals surface area contributed by atoms with E-state index in [4.69, 9.17) is 9.26 Å². The topological polar surface area (TPSA) is 54.3 Å². The molecule has 1 aliphatic rings. The summed E-state index contributed by atoms with van der Waals surface area (Å²) in [6, 6.07) is 6.69. The summed E-state index contributed by atoms with van der Waals surface area (Å²) in [6.07, 6.45) is 0.914. The monoisotopic (exact) mass is 301 g/mol. The molecule has 0 atom stereocenters. The first-order valence-electron chi connectivity index (χ1n) is 7.24. The Labute approximate surface area is 126 Å². The standard InChI is InChI=1S/C16H16FN3O2/c1-21-16-7-11(22-19-16)8-20-5-4-15-13(9-20)12-6-10(17)2-3-14(12)18-15/h2-3,6-7,18H,4-5,8-9H2,1H3. The Morgan fingerprint density at radius 2 is 2.32 bits per heavy atom. The highest BCUT2D eigenvalue weighted by molar-refractivity contribution is 5.84. The Balaban J connectivity index is 1.60. The van der Waals surface area contributed by atoms with E-state index < -0.39 is 0 Å². The van der Waals surface area contributed by atoms with Crippen LogP contribution in [0.2, 0.25) is 0 Å². The number of ether oxygens (including phenoxy) is 1. The van der Waals surface area contributed by atoms with Crippen LogP contribution in [0.15, 0.2) is 28.8 Å². The normalized spacial score (nSPS) is 15.2. The number of nitrogens with zero attached hydrogens (tertiary/aromatic N) is 2. The first-order valence-corrected chi connectivity index (χ1v) is 7.24. The van der Waals surface area contributed by atoms with Gasteiger partial charge in [0.1, 0.15) is 5.82 Å². The van der Waals surface area contributed by atoms with E-state index in [2.05, 4.69) is 15.0 Å². The first kappa shape index (κ1) is 13.3. The summed E-state index contributed by atoms with van der Waals surface area (Å²) < 4.78 is 23.8. The zero-order chi connectivity index (χ0) is 15.1. The Morgan fingerprint density at radius 1 is 1.41 bits per heavy atom. The molecule has 114 valence electrons. The molecule has 1 aromatic carbocycles. The number of benzene rings is 1. The third kappa shape index (κ3) is 2.25. The summed E-state index contributed by atoms with van der Waals surface area (Å²) in [5.74, 6) is 1.06.